The maximum Gasteiger partial charge on any atom is 0.326 e. The molecule has 2 N–H and O–H groups in total. The third kappa shape index (κ3) is 2.08. The van der Waals surface area contributed by atoms with Crippen LogP contribution in [0.25, 0.3) is 10.9 Å². The second-order valence-electron chi connectivity index (χ2n) is 3.17. The molecule has 2 rings (SSSR count). The smallest absolute Gasteiger partial charge is 0.304 e. The molecule has 0 aliphatic heterocycles. The van der Waals surface area contributed by atoms with Gasteiger partial charge in [0.1, 0.15) is 5.82 Å². The number of fused-ring (bicyclic) bond motifs is 1. The van der Waals surface area contributed by atoms with Gasteiger partial charge in [-0.25, -0.2) is 17.6 Å². The molecule has 1 heterocycles. The van der Waals surface area contributed by atoms with E-state index < -0.39 is 31.0 Å². The van der Waals surface area contributed by atoms with Gasteiger partial charge in [-0.3, -0.25) is 9.78 Å². The van der Waals surface area contributed by atoms with Gasteiger partial charge in [-0.15, -0.1) is 0 Å². The Morgan fingerprint density at radius 2 is 1.82 bits per heavy atom. The van der Waals surface area contributed by atoms with Gasteiger partial charge in [-0.1, -0.05) is 0 Å². The highest BCUT2D eigenvalue weighted by Crippen LogP contribution is 2.20. The summed E-state index contributed by atoms with van der Waals surface area (Å²) in [6.45, 7) is 0. The average molecular weight is 279 g/mol. The van der Waals surface area contributed by atoms with Crippen LogP contribution in [-0.4, -0.2) is 18.4 Å². The summed E-state index contributed by atoms with van der Waals surface area (Å²) >= 11 is 0. The number of rotatable bonds is 1. The van der Waals surface area contributed by atoms with E-state index in [9.17, 15) is 22.4 Å². The van der Waals surface area contributed by atoms with Crippen LogP contribution in [0.3, 0.4) is 0 Å². The minimum atomic E-state index is -4.16. The zero-order valence-corrected chi connectivity index (χ0v) is 9.52. The van der Waals surface area contributed by atoms with E-state index in [2.05, 4.69) is 4.98 Å². The normalized spacial score (nSPS) is 11.9. The van der Waals surface area contributed by atoms with Crippen molar-refractivity contribution in [3.63, 3.8) is 0 Å². The van der Waals surface area contributed by atoms with Crippen molar-refractivity contribution >= 4 is 30.6 Å². The van der Waals surface area contributed by atoms with E-state index in [0.29, 0.717) is 6.07 Å². The quantitative estimate of drug-likeness (QED) is 0.732. The minimum Gasteiger partial charge on any atom is -0.304 e. The zero-order valence-electron chi connectivity index (χ0n) is 7.95. The highest BCUT2D eigenvalue weighted by atomic mass is 35.7. The molecule has 17 heavy (non-hydrogen) atoms. The Bertz CT molecular complexity index is 824. The Labute approximate surface area is 97.5 Å². The fourth-order valence-corrected chi connectivity index (χ4v) is 2.11. The first kappa shape index (κ1) is 11.8. The molecule has 0 fully saturated rings. The lowest BCUT2D eigenvalue weighted by atomic mass is 10.2. The molecule has 0 saturated carbocycles. The van der Waals surface area contributed by atoms with Crippen LogP contribution in [0.15, 0.2) is 26.6 Å². The van der Waals surface area contributed by atoms with Crippen molar-refractivity contribution in [2.45, 2.75) is 4.90 Å². The number of aromatic amines is 2. The summed E-state index contributed by atoms with van der Waals surface area (Å²) in [6.07, 6.45) is 0. The van der Waals surface area contributed by atoms with Crippen LogP contribution < -0.4 is 11.2 Å². The van der Waals surface area contributed by atoms with Crippen LogP contribution in [-0.2, 0) is 9.05 Å². The van der Waals surface area contributed by atoms with Crippen molar-refractivity contribution in [3.8, 4) is 0 Å². The van der Waals surface area contributed by atoms with Crippen LogP contribution in [0.1, 0.15) is 0 Å². The van der Waals surface area contributed by atoms with E-state index in [1.807, 2.05) is 4.98 Å². The number of aromatic nitrogens is 2. The zero-order chi connectivity index (χ0) is 12.8. The first-order valence-electron chi connectivity index (χ1n) is 4.19. The van der Waals surface area contributed by atoms with Crippen molar-refractivity contribution in [3.05, 3.63) is 38.8 Å². The number of hydrogen-bond donors (Lipinski definition) is 2. The molecule has 6 nitrogen and oxygen atoms in total. The Hall–Kier alpha value is -1.67. The van der Waals surface area contributed by atoms with Gasteiger partial charge in [0.25, 0.3) is 14.6 Å². The second-order valence-corrected chi connectivity index (χ2v) is 5.74. The predicted molar refractivity (Wildman–Crippen MR) is 58.2 cm³/mol. The lowest BCUT2D eigenvalue weighted by Gasteiger charge is -2.01. The standard InChI is InChI=1S/C8H4ClFN2O4S/c9-17(15,16)3-1-4-6(5(10)2-3)11-8(14)12-7(4)13/h1-2H,(H2,11,12,13,14). The van der Waals surface area contributed by atoms with Crippen molar-refractivity contribution in [1.29, 1.82) is 0 Å². The molecule has 0 amide bonds. The third-order valence-corrected chi connectivity index (χ3v) is 3.39. The molecule has 0 spiro atoms. The van der Waals surface area contributed by atoms with Gasteiger partial charge in [0, 0.05) is 10.7 Å². The largest absolute Gasteiger partial charge is 0.326 e. The maximum absolute atomic E-state index is 13.5. The summed E-state index contributed by atoms with van der Waals surface area (Å²) in [6, 6.07) is 1.51. The van der Waals surface area contributed by atoms with Crippen LogP contribution >= 0.6 is 10.7 Å². The first-order chi connectivity index (χ1) is 7.79. The Morgan fingerprint density at radius 3 is 2.41 bits per heavy atom. The Morgan fingerprint density at radius 1 is 1.18 bits per heavy atom. The van der Waals surface area contributed by atoms with Crippen molar-refractivity contribution in [2.24, 2.45) is 0 Å². The molecule has 9 heteroatoms. The van der Waals surface area contributed by atoms with Crippen molar-refractivity contribution in [1.82, 2.24) is 9.97 Å². The monoisotopic (exact) mass is 278 g/mol. The molecule has 1 aromatic heterocycles. The number of benzene rings is 1. The highest BCUT2D eigenvalue weighted by Gasteiger charge is 2.16. The molecule has 0 bridgehead atoms. The van der Waals surface area contributed by atoms with Crippen molar-refractivity contribution < 1.29 is 12.8 Å². The fourth-order valence-electron chi connectivity index (χ4n) is 1.34. The summed E-state index contributed by atoms with van der Waals surface area (Å²) in [4.78, 5) is 25.6. The van der Waals surface area contributed by atoms with E-state index in [-0.39, 0.29) is 10.9 Å². The second kappa shape index (κ2) is 3.67. The van der Waals surface area contributed by atoms with E-state index >= 15 is 0 Å². The molecular weight excluding hydrogens is 275 g/mol. The summed E-state index contributed by atoms with van der Waals surface area (Å²) in [5.74, 6) is -1.05. The van der Waals surface area contributed by atoms with E-state index in [1.165, 1.54) is 0 Å². The SMILES string of the molecule is O=c1[nH]c(=O)c2cc(S(=O)(=O)Cl)cc(F)c2[nH]1. The molecule has 1 aromatic carbocycles. The van der Waals surface area contributed by atoms with Crippen LogP contribution in [0, 0.1) is 5.82 Å². The van der Waals surface area contributed by atoms with Gasteiger partial charge in [0.15, 0.2) is 0 Å². The van der Waals surface area contributed by atoms with E-state index in [1.54, 1.807) is 0 Å². The number of H-pyrrole nitrogens is 2. The topological polar surface area (TPSA) is 99.9 Å². The predicted octanol–water partition coefficient (Wildman–Crippen LogP) is 0.283. The number of halogens is 2. The maximum atomic E-state index is 13.5. The van der Waals surface area contributed by atoms with E-state index in [4.69, 9.17) is 10.7 Å². The molecule has 0 radical (unpaired) electrons. The molecule has 2 aromatic rings. The van der Waals surface area contributed by atoms with Crippen LogP contribution in [0.5, 0.6) is 0 Å². The molecule has 0 aliphatic rings. The lowest BCUT2D eigenvalue weighted by Crippen LogP contribution is -2.22. The van der Waals surface area contributed by atoms with Crippen LogP contribution in [0.4, 0.5) is 4.39 Å². The Kier molecular flexibility index (Phi) is 2.55. The number of nitrogens with one attached hydrogen (secondary N) is 2. The highest BCUT2D eigenvalue weighted by molar-refractivity contribution is 8.13. The summed E-state index contributed by atoms with van der Waals surface area (Å²) in [5.41, 5.74) is -2.16. The summed E-state index contributed by atoms with van der Waals surface area (Å²) in [7, 11) is 0.880. The van der Waals surface area contributed by atoms with Gasteiger partial charge in [0.05, 0.1) is 15.8 Å². The first-order valence-corrected chi connectivity index (χ1v) is 6.50. The Balaban J connectivity index is 3.03. The molecule has 0 unspecified atom stereocenters. The van der Waals surface area contributed by atoms with Gasteiger partial charge in [-0.05, 0) is 12.1 Å². The van der Waals surface area contributed by atoms with Gasteiger partial charge >= 0.3 is 5.69 Å². The molecule has 0 aliphatic carbocycles. The average Bonchev–Trinajstić information content (AvgIpc) is 2.17. The fraction of sp³-hybridized carbons (Fsp3) is 0. The van der Waals surface area contributed by atoms with Crippen LogP contribution in [0.2, 0.25) is 0 Å². The van der Waals surface area contributed by atoms with Gasteiger partial charge < -0.3 is 4.98 Å². The summed E-state index contributed by atoms with van der Waals surface area (Å²) < 4.78 is 35.5. The van der Waals surface area contributed by atoms with E-state index in [0.717, 1.165) is 6.07 Å². The number of hydrogen-bond acceptors (Lipinski definition) is 4. The lowest BCUT2D eigenvalue weighted by molar-refractivity contribution is 0.604. The molecular formula is C8H4ClFN2O4S. The van der Waals surface area contributed by atoms with Gasteiger partial charge in [0.2, 0.25) is 0 Å². The molecule has 0 saturated heterocycles. The summed E-state index contributed by atoms with van der Waals surface area (Å²) in [5, 5.41) is -0.302. The molecule has 90 valence electrons. The van der Waals surface area contributed by atoms with Crippen molar-refractivity contribution in [2.75, 3.05) is 0 Å². The van der Waals surface area contributed by atoms with Gasteiger partial charge in [-0.2, -0.15) is 0 Å². The molecule has 0 atom stereocenters. The minimum absolute atomic E-state index is 0.302. The third-order valence-electron chi connectivity index (χ3n) is 2.06.